The van der Waals surface area contributed by atoms with Crippen molar-refractivity contribution in [1.82, 2.24) is 15.6 Å². The summed E-state index contributed by atoms with van der Waals surface area (Å²) in [5, 5.41) is 14.9. The summed E-state index contributed by atoms with van der Waals surface area (Å²) in [6.45, 7) is 7.80. The van der Waals surface area contributed by atoms with E-state index in [1.54, 1.807) is 27.0 Å². The fourth-order valence-corrected chi connectivity index (χ4v) is 2.35. The summed E-state index contributed by atoms with van der Waals surface area (Å²) < 4.78 is 5.21. The first-order valence-electron chi connectivity index (χ1n) is 8.73. The third kappa shape index (κ3) is 5.35. The third-order valence-corrected chi connectivity index (χ3v) is 3.76. The van der Waals surface area contributed by atoms with Gasteiger partial charge in [-0.2, -0.15) is 0 Å². The molecule has 0 atom stereocenters. The van der Waals surface area contributed by atoms with Crippen LogP contribution in [0.1, 0.15) is 40.2 Å². The molecule has 8 heteroatoms. The van der Waals surface area contributed by atoms with Gasteiger partial charge in [-0.3, -0.25) is 10.1 Å². The summed E-state index contributed by atoms with van der Waals surface area (Å²) in [7, 11) is 0. The smallest absolute Gasteiger partial charge is 0.412 e. The maximum atomic E-state index is 12.7. The van der Waals surface area contributed by atoms with Crippen molar-refractivity contribution in [2.75, 3.05) is 0 Å². The molecule has 0 aliphatic rings. The summed E-state index contributed by atoms with van der Waals surface area (Å²) in [5.41, 5.74) is -0.895. The number of ether oxygens (including phenoxy) is 1. The Hall–Kier alpha value is -3.29. The first-order valence-corrected chi connectivity index (χ1v) is 8.73. The number of para-hydroxylation sites is 1. The van der Waals surface area contributed by atoms with E-state index in [2.05, 4.69) is 15.6 Å². The van der Waals surface area contributed by atoms with Crippen molar-refractivity contribution < 1.29 is 24.2 Å². The summed E-state index contributed by atoms with van der Waals surface area (Å²) >= 11 is 0. The van der Waals surface area contributed by atoms with Crippen LogP contribution in [-0.4, -0.2) is 39.2 Å². The van der Waals surface area contributed by atoms with Gasteiger partial charge in [0.05, 0.1) is 0 Å². The van der Waals surface area contributed by atoms with E-state index in [1.165, 1.54) is 19.9 Å². The maximum Gasteiger partial charge on any atom is 0.412 e. The lowest BCUT2D eigenvalue weighted by molar-refractivity contribution is -0.145. The molecule has 1 heterocycles. The predicted octanol–water partition coefficient (Wildman–Crippen LogP) is 3.01. The average molecular weight is 387 g/mol. The number of H-pyrrole nitrogens is 1. The lowest BCUT2D eigenvalue weighted by Gasteiger charge is -2.23. The fourth-order valence-electron chi connectivity index (χ4n) is 2.35. The number of carbonyl (C=O) groups is 3. The molecule has 1 aromatic heterocycles. The molecule has 4 N–H and O–H groups in total. The highest BCUT2D eigenvalue weighted by Gasteiger charge is 2.31. The van der Waals surface area contributed by atoms with Crippen molar-refractivity contribution >= 4 is 34.9 Å². The van der Waals surface area contributed by atoms with Gasteiger partial charge in [0.1, 0.15) is 16.8 Å². The minimum absolute atomic E-state index is 0.131. The van der Waals surface area contributed by atoms with E-state index >= 15 is 0 Å². The van der Waals surface area contributed by atoms with E-state index in [4.69, 9.17) is 4.74 Å². The maximum absolute atomic E-state index is 12.7. The Bertz CT molecular complexity index is 935. The van der Waals surface area contributed by atoms with E-state index in [9.17, 15) is 19.5 Å². The van der Waals surface area contributed by atoms with E-state index < -0.39 is 29.1 Å². The van der Waals surface area contributed by atoms with Gasteiger partial charge >= 0.3 is 12.1 Å². The number of aromatic amines is 1. The molecule has 2 aromatic rings. The molecule has 1 aromatic carbocycles. The van der Waals surface area contributed by atoms with Crippen LogP contribution < -0.4 is 10.6 Å². The summed E-state index contributed by atoms with van der Waals surface area (Å²) in [4.78, 5) is 39.3. The molecule has 0 radical (unpaired) electrons. The van der Waals surface area contributed by atoms with Gasteiger partial charge in [-0.1, -0.05) is 18.2 Å². The normalized spacial score (nSPS) is 12.5. The van der Waals surface area contributed by atoms with Crippen LogP contribution in [0.2, 0.25) is 0 Å². The van der Waals surface area contributed by atoms with Crippen molar-refractivity contribution in [3.63, 3.8) is 0 Å². The SMILES string of the molecule is CC(C)(C)OC(=O)N/C(=C\c1c[nH]c2ccccc12)C(=O)NC(C)(C)C(=O)O. The average Bonchev–Trinajstić information content (AvgIpc) is 2.95. The van der Waals surface area contributed by atoms with E-state index in [0.29, 0.717) is 5.56 Å². The highest BCUT2D eigenvalue weighted by molar-refractivity contribution is 6.04. The Morgan fingerprint density at radius 2 is 1.75 bits per heavy atom. The van der Waals surface area contributed by atoms with Crippen LogP contribution in [0.25, 0.3) is 17.0 Å². The molecule has 0 aliphatic heterocycles. The minimum Gasteiger partial charge on any atom is -0.480 e. The number of hydrogen-bond acceptors (Lipinski definition) is 4. The molecule has 0 bridgehead atoms. The highest BCUT2D eigenvalue weighted by atomic mass is 16.6. The number of alkyl carbamates (subject to hydrolysis) is 1. The molecule has 0 saturated carbocycles. The molecular formula is C20H25N3O5. The molecule has 0 aliphatic carbocycles. The van der Waals surface area contributed by atoms with Gasteiger partial charge in [-0.05, 0) is 46.8 Å². The number of benzene rings is 1. The zero-order valence-corrected chi connectivity index (χ0v) is 16.5. The van der Waals surface area contributed by atoms with Gasteiger partial charge in [0.15, 0.2) is 0 Å². The zero-order chi connectivity index (χ0) is 21.1. The topological polar surface area (TPSA) is 121 Å². The van der Waals surface area contributed by atoms with E-state index in [1.807, 2.05) is 24.3 Å². The number of carboxylic acids is 1. The quantitative estimate of drug-likeness (QED) is 0.588. The monoisotopic (exact) mass is 387 g/mol. The first-order chi connectivity index (χ1) is 12.9. The Balaban J connectivity index is 2.39. The molecule has 2 rings (SSSR count). The largest absolute Gasteiger partial charge is 0.480 e. The number of carboxylic acid groups (broad SMARTS) is 1. The van der Waals surface area contributed by atoms with Crippen molar-refractivity contribution in [3.05, 3.63) is 41.7 Å². The second-order valence-corrected chi connectivity index (χ2v) is 7.86. The summed E-state index contributed by atoms with van der Waals surface area (Å²) in [6, 6.07) is 7.46. The Kier molecular flexibility index (Phi) is 5.82. The van der Waals surface area contributed by atoms with Crippen LogP contribution in [0.5, 0.6) is 0 Å². The third-order valence-electron chi connectivity index (χ3n) is 3.76. The van der Waals surface area contributed by atoms with E-state index in [0.717, 1.165) is 10.9 Å². The van der Waals surface area contributed by atoms with Crippen molar-refractivity contribution in [2.24, 2.45) is 0 Å². The van der Waals surface area contributed by atoms with Gasteiger partial charge in [-0.25, -0.2) is 9.59 Å². The Morgan fingerprint density at radius 3 is 2.36 bits per heavy atom. The second kappa shape index (κ2) is 7.75. The number of carbonyl (C=O) groups excluding carboxylic acids is 2. The Labute approximate surface area is 163 Å². The van der Waals surface area contributed by atoms with Crippen molar-refractivity contribution in [2.45, 2.75) is 45.8 Å². The molecule has 0 saturated heterocycles. The fraction of sp³-hybridized carbons (Fsp3) is 0.350. The molecule has 28 heavy (non-hydrogen) atoms. The van der Waals surface area contributed by atoms with Crippen LogP contribution in [0, 0.1) is 0 Å². The van der Waals surface area contributed by atoms with Crippen LogP contribution in [0.4, 0.5) is 4.79 Å². The molecule has 0 spiro atoms. The molecule has 2 amide bonds. The number of aromatic nitrogens is 1. The van der Waals surface area contributed by atoms with Gasteiger partial charge in [0.25, 0.3) is 5.91 Å². The number of nitrogens with one attached hydrogen (secondary N) is 3. The second-order valence-electron chi connectivity index (χ2n) is 7.86. The predicted molar refractivity (Wildman–Crippen MR) is 106 cm³/mol. The van der Waals surface area contributed by atoms with Gasteiger partial charge < -0.3 is 20.1 Å². The molecule has 0 unspecified atom stereocenters. The van der Waals surface area contributed by atoms with Gasteiger partial charge in [-0.15, -0.1) is 0 Å². The molecule has 8 nitrogen and oxygen atoms in total. The van der Waals surface area contributed by atoms with Crippen LogP contribution in [0.3, 0.4) is 0 Å². The lowest BCUT2D eigenvalue weighted by Crippen LogP contribution is -2.51. The molecular weight excluding hydrogens is 362 g/mol. The minimum atomic E-state index is -1.52. The van der Waals surface area contributed by atoms with Crippen LogP contribution in [0.15, 0.2) is 36.2 Å². The summed E-state index contributed by atoms with van der Waals surface area (Å²) in [6.07, 6.45) is 2.34. The number of fused-ring (bicyclic) bond motifs is 1. The molecule has 150 valence electrons. The van der Waals surface area contributed by atoms with Crippen molar-refractivity contribution in [3.8, 4) is 0 Å². The lowest BCUT2D eigenvalue weighted by atomic mass is 10.1. The first kappa shape index (κ1) is 21.0. The Morgan fingerprint density at radius 1 is 1.11 bits per heavy atom. The number of aliphatic carboxylic acids is 1. The molecule has 0 fully saturated rings. The standard InChI is InChI=1S/C20H25N3O5/c1-19(2,3)28-18(27)22-15(16(24)23-20(4,5)17(25)26)10-12-11-21-14-9-7-6-8-13(12)14/h6-11,21H,1-5H3,(H,22,27)(H,23,24)(H,25,26)/b15-10-. The van der Waals surface area contributed by atoms with Gasteiger partial charge in [0.2, 0.25) is 0 Å². The zero-order valence-electron chi connectivity index (χ0n) is 16.5. The highest BCUT2D eigenvalue weighted by Crippen LogP contribution is 2.20. The van der Waals surface area contributed by atoms with Crippen LogP contribution in [-0.2, 0) is 14.3 Å². The number of hydrogen-bond donors (Lipinski definition) is 4. The number of amides is 2. The van der Waals surface area contributed by atoms with Crippen LogP contribution >= 0.6 is 0 Å². The number of rotatable bonds is 5. The van der Waals surface area contributed by atoms with Crippen molar-refractivity contribution in [1.29, 1.82) is 0 Å². The van der Waals surface area contributed by atoms with E-state index in [-0.39, 0.29) is 5.70 Å². The van der Waals surface area contributed by atoms with Gasteiger partial charge in [0, 0.05) is 22.7 Å². The summed E-state index contributed by atoms with van der Waals surface area (Å²) in [5.74, 6) is -1.95.